The quantitative estimate of drug-likeness (QED) is 0.793. The first-order valence-corrected chi connectivity index (χ1v) is 7.46. The Labute approximate surface area is 113 Å². The van der Waals surface area contributed by atoms with Crippen LogP contribution < -0.4 is 0 Å². The SMILES string of the molecule is CN(Cc1cccc(Br)c1)CC1CCCCC1. The fourth-order valence-corrected chi connectivity index (χ4v) is 3.27. The van der Waals surface area contributed by atoms with Gasteiger partial charge in [-0.3, -0.25) is 0 Å². The van der Waals surface area contributed by atoms with Crippen LogP contribution in [0.1, 0.15) is 37.7 Å². The molecule has 0 unspecified atom stereocenters. The smallest absolute Gasteiger partial charge is 0.0231 e. The Hall–Kier alpha value is -0.340. The Kier molecular flexibility index (Phi) is 5.05. The maximum absolute atomic E-state index is 3.53. The van der Waals surface area contributed by atoms with E-state index in [1.54, 1.807) is 0 Å². The van der Waals surface area contributed by atoms with Gasteiger partial charge in [-0.15, -0.1) is 0 Å². The summed E-state index contributed by atoms with van der Waals surface area (Å²) in [5.74, 6) is 0.931. The molecule has 1 aliphatic carbocycles. The van der Waals surface area contributed by atoms with Crippen molar-refractivity contribution in [2.24, 2.45) is 5.92 Å². The molecular formula is C15H22BrN. The van der Waals surface area contributed by atoms with E-state index in [1.807, 2.05) is 0 Å². The van der Waals surface area contributed by atoms with Crippen molar-refractivity contribution in [1.29, 1.82) is 0 Å². The van der Waals surface area contributed by atoms with E-state index in [0.29, 0.717) is 0 Å². The molecule has 2 heteroatoms. The lowest BCUT2D eigenvalue weighted by atomic mass is 9.89. The van der Waals surface area contributed by atoms with Gasteiger partial charge < -0.3 is 4.90 Å². The van der Waals surface area contributed by atoms with E-state index in [2.05, 4.69) is 52.1 Å². The van der Waals surface area contributed by atoms with E-state index in [-0.39, 0.29) is 0 Å². The molecule has 0 N–H and O–H groups in total. The predicted octanol–water partition coefficient (Wildman–Crippen LogP) is 4.46. The number of hydrogen-bond acceptors (Lipinski definition) is 1. The number of halogens is 1. The van der Waals surface area contributed by atoms with Crippen molar-refractivity contribution in [2.75, 3.05) is 13.6 Å². The summed E-state index contributed by atoms with van der Waals surface area (Å²) in [5.41, 5.74) is 1.40. The molecule has 0 aliphatic heterocycles. The van der Waals surface area contributed by atoms with Crippen LogP contribution in [-0.2, 0) is 6.54 Å². The molecule has 0 spiro atoms. The highest BCUT2D eigenvalue weighted by atomic mass is 79.9. The lowest BCUT2D eigenvalue weighted by molar-refractivity contribution is 0.228. The van der Waals surface area contributed by atoms with Crippen LogP contribution in [0.3, 0.4) is 0 Å². The monoisotopic (exact) mass is 295 g/mol. The molecule has 1 nitrogen and oxygen atoms in total. The van der Waals surface area contributed by atoms with E-state index >= 15 is 0 Å². The maximum atomic E-state index is 3.53. The third-order valence-electron chi connectivity index (χ3n) is 3.64. The molecule has 0 atom stereocenters. The molecule has 0 bridgehead atoms. The molecular weight excluding hydrogens is 274 g/mol. The molecule has 1 fully saturated rings. The second kappa shape index (κ2) is 6.55. The average molecular weight is 296 g/mol. The summed E-state index contributed by atoms with van der Waals surface area (Å²) in [7, 11) is 2.25. The van der Waals surface area contributed by atoms with Gasteiger partial charge in [0.05, 0.1) is 0 Å². The van der Waals surface area contributed by atoms with E-state index in [9.17, 15) is 0 Å². The minimum Gasteiger partial charge on any atom is -0.302 e. The van der Waals surface area contributed by atoms with Crippen molar-refractivity contribution >= 4 is 15.9 Å². The van der Waals surface area contributed by atoms with Gasteiger partial charge in [-0.2, -0.15) is 0 Å². The molecule has 1 aromatic rings. The van der Waals surface area contributed by atoms with Gasteiger partial charge in [-0.25, -0.2) is 0 Å². The first-order valence-electron chi connectivity index (χ1n) is 6.67. The van der Waals surface area contributed by atoms with Gasteiger partial charge in [0, 0.05) is 17.6 Å². The molecule has 1 saturated carbocycles. The van der Waals surface area contributed by atoms with E-state index in [4.69, 9.17) is 0 Å². The second-order valence-corrected chi connectivity index (χ2v) is 6.25. The summed E-state index contributed by atoms with van der Waals surface area (Å²) in [4.78, 5) is 2.47. The van der Waals surface area contributed by atoms with Gasteiger partial charge in [-0.1, -0.05) is 47.3 Å². The Balaban J connectivity index is 1.82. The van der Waals surface area contributed by atoms with Gasteiger partial charge in [-0.05, 0) is 43.5 Å². The lowest BCUT2D eigenvalue weighted by Crippen LogP contribution is -2.26. The minimum absolute atomic E-state index is 0.931. The van der Waals surface area contributed by atoms with Crippen LogP contribution in [0.4, 0.5) is 0 Å². The Morgan fingerprint density at radius 3 is 2.71 bits per heavy atom. The zero-order valence-electron chi connectivity index (χ0n) is 10.7. The molecule has 94 valence electrons. The molecule has 0 aromatic heterocycles. The number of nitrogens with zero attached hydrogens (tertiary/aromatic N) is 1. The second-order valence-electron chi connectivity index (χ2n) is 5.33. The highest BCUT2D eigenvalue weighted by Gasteiger charge is 2.15. The summed E-state index contributed by atoms with van der Waals surface area (Å²) < 4.78 is 1.18. The van der Waals surface area contributed by atoms with Crippen molar-refractivity contribution in [2.45, 2.75) is 38.6 Å². The normalized spacial score (nSPS) is 17.6. The summed E-state index contributed by atoms with van der Waals surface area (Å²) in [6.07, 6.45) is 7.20. The standard InChI is InChI=1S/C15H22BrN/c1-17(11-13-6-3-2-4-7-13)12-14-8-5-9-15(16)10-14/h5,8-10,13H,2-4,6-7,11-12H2,1H3. The van der Waals surface area contributed by atoms with Crippen molar-refractivity contribution in [1.82, 2.24) is 4.90 Å². The summed E-state index contributed by atoms with van der Waals surface area (Å²) >= 11 is 3.53. The van der Waals surface area contributed by atoms with Crippen LogP contribution in [0.2, 0.25) is 0 Å². The molecule has 0 amide bonds. The van der Waals surface area contributed by atoms with Gasteiger partial charge in [0.25, 0.3) is 0 Å². The Morgan fingerprint density at radius 1 is 1.24 bits per heavy atom. The van der Waals surface area contributed by atoms with E-state index in [1.165, 1.54) is 48.7 Å². The molecule has 1 aliphatic rings. The van der Waals surface area contributed by atoms with Crippen molar-refractivity contribution in [3.8, 4) is 0 Å². The number of hydrogen-bond donors (Lipinski definition) is 0. The fourth-order valence-electron chi connectivity index (χ4n) is 2.82. The fraction of sp³-hybridized carbons (Fsp3) is 0.600. The molecule has 0 heterocycles. The van der Waals surface area contributed by atoms with Gasteiger partial charge in [0.2, 0.25) is 0 Å². The van der Waals surface area contributed by atoms with Crippen molar-refractivity contribution < 1.29 is 0 Å². The molecule has 1 aromatic carbocycles. The van der Waals surface area contributed by atoms with Crippen LogP contribution in [0, 0.1) is 5.92 Å². The van der Waals surface area contributed by atoms with Gasteiger partial charge in [0.15, 0.2) is 0 Å². The van der Waals surface area contributed by atoms with Crippen LogP contribution in [0.5, 0.6) is 0 Å². The number of rotatable bonds is 4. The Bertz CT molecular complexity index is 345. The van der Waals surface area contributed by atoms with Crippen LogP contribution >= 0.6 is 15.9 Å². The molecule has 0 radical (unpaired) electrons. The third-order valence-corrected chi connectivity index (χ3v) is 4.13. The molecule has 17 heavy (non-hydrogen) atoms. The highest BCUT2D eigenvalue weighted by Crippen LogP contribution is 2.24. The van der Waals surface area contributed by atoms with Gasteiger partial charge >= 0.3 is 0 Å². The largest absolute Gasteiger partial charge is 0.302 e. The molecule has 0 saturated heterocycles. The van der Waals surface area contributed by atoms with Crippen LogP contribution in [0.25, 0.3) is 0 Å². The first-order chi connectivity index (χ1) is 8.24. The minimum atomic E-state index is 0.931. The van der Waals surface area contributed by atoms with Crippen molar-refractivity contribution in [3.05, 3.63) is 34.3 Å². The zero-order chi connectivity index (χ0) is 12.1. The van der Waals surface area contributed by atoms with E-state index in [0.717, 1.165) is 12.5 Å². The predicted molar refractivity (Wildman–Crippen MR) is 77.1 cm³/mol. The third kappa shape index (κ3) is 4.44. The first kappa shape index (κ1) is 13.1. The summed E-state index contributed by atoms with van der Waals surface area (Å²) in [6, 6.07) is 8.64. The maximum Gasteiger partial charge on any atom is 0.0231 e. The average Bonchev–Trinajstić information content (AvgIpc) is 2.30. The van der Waals surface area contributed by atoms with E-state index < -0.39 is 0 Å². The van der Waals surface area contributed by atoms with Crippen LogP contribution in [0.15, 0.2) is 28.7 Å². The topological polar surface area (TPSA) is 3.24 Å². The molecule has 2 rings (SSSR count). The number of benzene rings is 1. The summed E-state index contributed by atoms with van der Waals surface area (Å²) in [6.45, 7) is 2.32. The van der Waals surface area contributed by atoms with Gasteiger partial charge in [0.1, 0.15) is 0 Å². The van der Waals surface area contributed by atoms with Crippen LogP contribution in [-0.4, -0.2) is 18.5 Å². The zero-order valence-corrected chi connectivity index (χ0v) is 12.2. The lowest BCUT2D eigenvalue weighted by Gasteiger charge is -2.27. The highest BCUT2D eigenvalue weighted by molar-refractivity contribution is 9.10. The summed E-state index contributed by atoms with van der Waals surface area (Å²) in [5, 5.41) is 0. The van der Waals surface area contributed by atoms with Crippen molar-refractivity contribution in [3.63, 3.8) is 0 Å². The Morgan fingerprint density at radius 2 is 2.00 bits per heavy atom.